The third-order valence-electron chi connectivity index (χ3n) is 3.39. The van der Waals surface area contributed by atoms with Crippen molar-refractivity contribution in [2.45, 2.75) is 13.3 Å². The summed E-state index contributed by atoms with van der Waals surface area (Å²) in [5.74, 6) is -1.53. The fraction of sp³-hybridized carbons (Fsp3) is 0.111. The number of nitrogens with zero attached hydrogens (tertiary/aromatic N) is 1. The number of thiazole rings is 1. The van der Waals surface area contributed by atoms with Crippen LogP contribution in [0.4, 0.5) is 15.2 Å². The molecule has 0 radical (unpaired) electrons. The van der Waals surface area contributed by atoms with Crippen LogP contribution in [0.3, 0.4) is 0 Å². The van der Waals surface area contributed by atoms with Crippen LogP contribution < -0.4 is 10.4 Å². The van der Waals surface area contributed by atoms with Crippen LogP contribution in [0.2, 0.25) is 0 Å². The van der Waals surface area contributed by atoms with Crippen LogP contribution in [0.15, 0.2) is 48.5 Å². The van der Waals surface area contributed by atoms with Gasteiger partial charge in [-0.3, -0.25) is 0 Å². The number of aliphatic carboxylic acids is 1. The van der Waals surface area contributed by atoms with Crippen molar-refractivity contribution < 1.29 is 14.3 Å². The number of aryl methyl sites for hydroxylation is 1. The number of benzene rings is 2. The van der Waals surface area contributed by atoms with E-state index in [1.165, 1.54) is 23.5 Å². The lowest BCUT2D eigenvalue weighted by Crippen LogP contribution is -2.24. The highest BCUT2D eigenvalue weighted by Crippen LogP contribution is 2.33. The van der Waals surface area contributed by atoms with E-state index in [0.717, 1.165) is 11.3 Å². The number of hydrogen-bond acceptors (Lipinski definition) is 5. The molecule has 3 aromatic rings. The largest absolute Gasteiger partial charge is 0.550 e. The molecule has 0 unspecified atom stereocenters. The molecular formula is C18H14FN2O2S-. The Hall–Kier alpha value is -2.73. The molecule has 0 bridgehead atoms. The van der Waals surface area contributed by atoms with Gasteiger partial charge in [-0.25, -0.2) is 9.37 Å². The molecule has 0 saturated heterocycles. The smallest absolute Gasteiger partial charge is 0.187 e. The molecule has 1 aromatic heterocycles. The average molecular weight is 341 g/mol. The van der Waals surface area contributed by atoms with Gasteiger partial charge < -0.3 is 15.2 Å². The maximum Gasteiger partial charge on any atom is 0.187 e. The molecule has 0 atom stereocenters. The second-order valence-electron chi connectivity index (χ2n) is 5.34. The number of rotatable bonds is 5. The minimum Gasteiger partial charge on any atom is -0.550 e. The minimum absolute atomic E-state index is 0.236. The lowest BCUT2D eigenvalue weighted by atomic mass is 10.1. The van der Waals surface area contributed by atoms with Crippen molar-refractivity contribution >= 4 is 28.1 Å². The molecule has 1 heterocycles. The Morgan fingerprint density at radius 2 is 2.00 bits per heavy atom. The lowest BCUT2D eigenvalue weighted by molar-refractivity contribution is -0.304. The maximum absolute atomic E-state index is 13.1. The summed E-state index contributed by atoms with van der Waals surface area (Å²) in [6.07, 6.45) is -0.236. The average Bonchev–Trinajstić information content (AvgIpc) is 2.89. The monoisotopic (exact) mass is 341 g/mol. The van der Waals surface area contributed by atoms with E-state index in [4.69, 9.17) is 0 Å². The molecule has 2 aromatic carbocycles. The second-order valence-corrected chi connectivity index (χ2v) is 6.42. The molecule has 0 saturated carbocycles. The molecule has 0 aliphatic heterocycles. The molecule has 122 valence electrons. The van der Waals surface area contributed by atoms with Crippen LogP contribution >= 0.6 is 11.3 Å². The van der Waals surface area contributed by atoms with Crippen molar-refractivity contribution in [3.05, 3.63) is 64.8 Å². The van der Waals surface area contributed by atoms with Gasteiger partial charge in [0.1, 0.15) is 5.82 Å². The van der Waals surface area contributed by atoms with Crippen LogP contribution in [0.25, 0.3) is 11.3 Å². The van der Waals surface area contributed by atoms with Gasteiger partial charge in [0, 0.05) is 28.5 Å². The van der Waals surface area contributed by atoms with Gasteiger partial charge in [-0.2, -0.15) is 0 Å². The summed E-state index contributed by atoms with van der Waals surface area (Å²) in [6, 6.07) is 13.6. The van der Waals surface area contributed by atoms with E-state index in [9.17, 15) is 14.3 Å². The van der Waals surface area contributed by atoms with Crippen LogP contribution in [-0.4, -0.2) is 11.0 Å². The van der Waals surface area contributed by atoms with Crippen LogP contribution in [0, 0.1) is 12.7 Å². The molecule has 0 amide bonds. The number of halogens is 1. The number of aromatic nitrogens is 1. The summed E-state index contributed by atoms with van der Waals surface area (Å²) < 4.78 is 13.1. The van der Waals surface area contributed by atoms with Crippen LogP contribution in [-0.2, 0) is 11.2 Å². The fourth-order valence-electron chi connectivity index (χ4n) is 2.34. The first-order chi connectivity index (χ1) is 11.5. The Kier molecular flexibility index (Phi) is 4.57. The summed E-state index contributed by atoms with van der Waals surface area (Å²) >= 11 is 1.25. The van der Waals surface area contributed by atoms with Crippen molar-refractivity contribution in [1.29, 1.82) is 0 Å². The number of nitrogens with one attached hydrogen (secondary N) is 1. The SMILES string of the molecule is Cc1cccc(Nc2nc(-c3ccc(F)cc3)c(CC(=O)[O-])s2)c1. The number of carbonyl (C=O) groups is 1. The minimum atomic E-state index is -1.18. The van der Waals surface area contributed by atoms with Crippen LogP contribution in [0.5, 0.6) is 0 Å². The Morgan fingerprint density at radius 1 is 1.25 bits per heavy atom. The molecule has 4 nitrogen and oxygen atoms in total. The van der Waals surface area contributed by atoms with Gasteiger partial charge in [-0.15, -0.1) is 11.3 Å². The zero-order valence-corrected chi connectivity index (χ0v) is 13.7. The third kappa shape index (κ3) is 3.78. The van der Waals surface area contributed by atoms with Crippen molar-refractivity contribution in [3.63, 3.8) is 0 Å². The van der Waals surface area contributed by atoms with E-state index in [0.29, 0.717) is 21.3 Å². The van der Waals surface area contributed by atoms with Crippen molar-refractivity contribution in [2.75, 3.05) is 5.32 Å². The Balaban J connectivity index is 1.96. The quantitative estimate of drug-likeness (QED) is 0.773. The van der Waals surface area contributed by atoms with E-state index >= 15 is 0 Å². The normalized spacial score (nSPS) is 10.6. The highest BCUT2D eigenvalue weighted by Gasteiger charge is 2.14. The molecule has 24 heavy (non-hydrogen) atoms. The van der Waals surface area contributed by atoms with E-state index in [2.05, 4.69) is 10.3 Å². The van der Waals surface area contributed by atoms with Crippen molar-refractivity contribution in [1.82, 2.24) is 4.98 Å². The Morgan fingerprint density at radius 3 is 2.67 bits per heavy atom. The molecule has 0 spiro atoms. The lowest BCUT2D eigenvalue weighted by Gasteiger charge is -2.03. The first kappa shape index (κ1) is 16.1. The Bertz CT molecular complexity index is 875. The molecular weight excluding hydrogens is 327 g/mol. The number of anilines is 2. The summed E-state index contributed by atoms with van der Waals surface area (Å²) in [4.78, 5) is 16.1. The van der Waals surface area contributed by atoms with Gasteiger partial charge in [0.25, 0.3) is 0 Å². The third-order valence-corrected chi connectivity index (χ3v) is 4.36. The highest BCUT2D eigenvalue weighted by atomic mass is 32.1. The first-order valence-corrected chi connectivity index (χ1v) is 8.12. The summed E-state index contributed by atoms with van der Waals surface area (Å²) in [6.45, 7) is 1.98. The van der Waals surface area contributed by atoms with Gasteiger partial charge >= 0.3 is 0 Å². The standard InChI is InChI=1S/C18H15FN2O2S/c1-11-3-2-4-14(9-11)20-18-21-17(15(24-18)10-16(22)23)12-5-7-13(19)8-6-12/h2-9H,10H2,1H3,(H,20,21)(H,22,23)/p-1. The first-order valence-electron chi connectivity index (χ1n) is 7.30. The summed E-state index contributed by atoms with van der Waals surface area (Å²) in [5.41, 5.74) is 3.17. The number of carboxylic acids is 1. The van der Waals surface area contributed by atoms with Crippen molar-refractivity contribution in [2.24, 2.45) is 0 Å². The number of hydrogen-bond donors (Lipinski definition) is 1. The Labute approximate surface area is 142 Å². The van der Waals surface area contributed by atoms with Gasteiger partial charge in [-0.1, -0.05) is 12.1 Å². The highest BCUT2D eigenvalue weighted by molar-refractivity contribution is 7.16. The van der Waals surface area contributed by atoms with Gasteiger partial charge in [0.05, 0.1) is 5.69 Å². The van der Waals surface area contributed by atoms with E-state index in [-0.39, 0.29) is 12.2 Å². The summed E-state index contributed by atoms with van der Waals surface area (Å²) in [5, 5.41) is 14.8. The maximum atomic E-state index is 13.1. The fourth-order valence-corrected chi connectivity index (χ4v) is 3.33. The van der Waals surface area contributed by atoms with Gasteiger partial charge in [0.15, 0.2) is 5.13 Å². The molecule has 0 fully saturated rings. The van der Waals surface area contributed by atoms with Gasteiger partial charge in [-0.05, 0) is 48.9 Å². The molecule has 3 rings (SSSR count). The molecule has 6 heteroatoms. The zero-order chi connectivity index (χ0) is 17.1. The number of carboxylic acid groups (broad SMARTS) is 1. The van der Waals surface area contributed by atoms with Crippen LogP contribution in [0.1, 0.15) is 10.4 Å². The van der Waals surface area contributed by atoms with Crippen molar-refractivity contribution in [3.8, 4) is 11.3 Å². The predicted octanol–water partition coefficient (Wildman–Crippen LogP) is 3.29. The molecule has 0 aliphatic rings. The second kappa shape index (κ2) is 6.80. The molecule has 1 N–H and O–H groups in total. The zero-order valence-electron chi connectivity index (χ0n) is 12.9. The predicted molar refractivity (Wildman–Crippen MR) is 90.7 cm³/mol. The number of carbonyl (C=O) groups excluding carboxylic acids is 1. The topological polar surface area (TPSA) is 65.0 Å². The summed E-state index contributed by atoms with van der Waals surface area (Å²) in [7, 11) is 0. The van der Waals surface area contributed by atoms with E-state index < -0.39 is 5.97 Å². The van der Waals surface area contributed by atoms with E-state index in [1.807, 2.05) is 31.2 Å². The van der Waals surface area contributed by atoms with Gasteiger partial charge in [0.2, 0.25) is 0 Å². The molecule has 0 aliphatic carbocycles. The van der Waals surface area contributed by atoms with E-state index in [1.54, 1.807) is 12.1 Å².